The van der Waals surface area contributed by atoms with E-state index in [-0.39, 0.29) is 31.1 Å². The molecule has 0 saturated carbocycles. The molecule has 6 heteroatoms. The first-order valence-corrected chi connectivity index (χ1v) is 29.1. The molecule has 0 saturated heterocycles. The van der Waals surface area contributed by atoms with Crippen molar-refractivity contribution < 1.29 is 28.6 Å². The van der Waals surface area contributed by atoms with Gasteiger partial charge in [0.1, 0.15) is 13.2 Å². The molecule has 67 heavy (non-hydrogen) atoms. The molecule has 0 unspecified atom stereocenters. The summed E-state index contributed by atoms with van der Waals surface area (Å²) in [6, 6.07) is 0. The largest absolute Gasteiger partial charge is 0.462 e. The highest BCUT2D eigenvalue weighted by molar-refractivity contribution is 5.71. The summed E-state index contributed by atoms with van der Waals surface area (Å²) in [4.78, 5) is 38.2. The lowest BCUT2D eigenvalue weighted by molar-refractivity contribution is -0.167. The summed E-state index contributed by atoms with van der Waals surface area (Å²) >= 11 is 0. The van der Waals surface area contributed by atoms with E-state index in [4.69, 9.17) is 14.2 Å². The van der Waals surface area contributed by atoms with Gasteiger partial charge in [-0.3, -0.25) is 14.4 Å². The van der Waals surface area contributed by atoms with Gasteiger partial charge in [-0.2, -0.15) is 0 Å². The van der Waals surface area contributed by atoms with E-state index < -0.39 is 6.10 Å². The number of hydrogen-bond donors (Lipinski definition) is 0. The van der Waals surface area contributed by atoms with Crippen molar-refractivity contribution in [1.82, 2.24) is 0 Å². The summed E-state index contributed by atoms with van der Waals surface area (Å²) in [6.45, 7) is 6.60. The SMILES string of the molecule is CCCC/C=C/C/C=C/CCCCCCCC(=O)OC[C@H](COC(=O)CCCCCCCCCCC/C=C/C/C=C/CCCCC)OC(=O)CCCCCCCCCCCCCCCCCC. The van der Waals surface area contributed by atoms with E-state index in [0.717, 1.165) is 83.5 Å². The third kappa shape index (κ3) is 54.2. The van der Waals surface area contributed by atoms with Gasteiger partial charge in [-0.05, 0) is 77.0 Å². The molecule has 0 aliphatic rings. The molecule has 1 atom stereocenters. The molecule has 0 aromatic carbocycles. The summed E-state index contributed by atoms with van der Waals surface area (Å²) in [7, 11) is 0. The van der Waals surface area contributed by atoms with E-state index in [1.165, 1.54) is 180 Å². The van der Waals surface area contributed by atoms with Crippen molar-refractivity contribution in [3.8, 4) is 0 Å². The van der Waals surface area contributed by atoms with E-state index in [2.05, 4.69) is 69.4 Å². The standard InChI is InChI=1S/C61H110O6/c1-4-7-10-13-16-19-22-25-28-30-31-32-34-36-39-42-45-48-51-54-60(63)66-57-58(56-65-59(62)53-50-47-44-41-38-35-27-24-21-18-15-12-9-6-3)67-61(64)55-52-49-46-43-40-37-33-29-26-23-20-17-14-11-8-5-2/h15-16,18-19,24-25,27-28,58H,4-14,17,20-23,26,29-57H2,1-3H3/b18-15+,19-16+,27-24+,28-25+/t58-/m1/s1. The van der Waals surface area contributed by atoms with Gasteiger partial charge in [0.15, 0.2) is 6.10 Å². The normalized spacial score (nSPS) is 12.3. The molecule has 0 heterocycles. The lowest BCUT2D eigenvalue weighted by Gasteiger charge is -2.18. The van der Waals surface area contributed by atoms with Gasteiger partial charge in [-0.25, -0.2) is 0 Å². The number of rotatable bonds is 53. The molecule has 390 valence electrons. The number of carbonyl (C=O) groups excluding carboxylic acids is 3. The van der Waals surface area contributed by atoms with Gasteiger partial charge in [0, 0.05) is 19.3 Å². The highest BCUT2D eigenvalue weighted by Crippen LogP contribution is 2.16. The highest BCUT2D eigenvalue weighted by Gasteiger charge is 2.19. The van der Waals surface area contributed by atoms with Crippen LogP contribution in [0.5, 0.6) is 0 Å². The van der Waals surface area contributed by atoms with Gasteiger partial charge >= 0.3 is 17.9 Å². The Morgan fingerprint density at radius 3 is 0.896 bits per heavy atom. The third-order valence-corrected chi connectivity index (χ3v) is 12.8. The fraction of sp³-hybridized carbons (Fsp3) is 0.820. The molecular formula is C61H110O6. The van der Waals surface area contributed by atoms with Crippen LogP contribution < -0.4 is 0 Å². The Kier molecular flexibility index (Phi) is 53.8. The first kappa shape index (κ1) is 64.4. The molecule has 0 bridgehead atoms. The molecule has 0 amide bonds. The molecule has 0 aromatic rings. The predicted molar refractivity (Wildman–Crippen MR) is 289 cm³/mol. The molecule has 0 aliphatic heterocycles. The van der Waals surface area contributed by atoms with E-state index in [0.29, 0.717) is 19.3 Å². The second-order valence-electron chi connectivity index (χ2n) is 19.6. The minimum atomic E-state index is -0.778. The average Bonchev–Trinajstić information content (AvgIpc) is 3.33. The van der Waals surface area contributed by atoms with Crippen LogP contribution in [0.25, 0.3) is 0 Å². The number of esters is 3. The van der Waals surface area contributed by atoms with Crippen molar-refractivity contribution in [1.29, 1.82) is 0 Å². The van der Waals surface area contributed by atoms with Crippen molar-refractivity contribution in [3.63, 3.8) is 0 Å². The molecule has 6 nitrogen and oxygen atoms in total. The van der Waals surface area contributed by atoms with Crippen molar-refractivity contribution >= 4 is 17.9 Å². The Hall–Kier alpha value is -2.63. The number of unbranched alkanes of at least 4 members (excludes halogenated alkanes) is 34. The zero-order valence-corrected chi connectivity index (χ0v) is 44.7. The Balaban J connectivity index is 4.35. The Morgan fingerprint density at radius 1 is 0.299 bits per heavy atom. The van der Waals surface area contributed by atoms with Crippen molar-refractivity contribution in [3.05, 3.63) is 48.6 Å². The maximum Gasteiger partial charge on any atom is 0.306 e. The number of hydrogen-bond acceptors (Lipinski definition) is 6. The predicted octanol–water partition coefficient (Wildman–Crippen LogP) is 19.4. The fourth-order valence-electron chi connectivity index (χ4n) is 8.37. The average molecular weight is 940 g/mol. The van der Waals surface area contributed by atoms with Gasteiger partial charge in [-0.15, -0.1) is 0 Å². The number of allylic oxidation sites excluding steroid dienone is 8. The summed E-state index contributed by atoms with van der Waals surface area (Å²) in [5.41, 5.74) is 0. The zero-order chi connectivity index (χ0) is 48.6. The lowest BCUT2D eigenvalue weighted by atomic mass is 10.0. The first-order chi connectivity index (χ1) is 33.0. The maximum atomic E-state index is 12.9. The minimum Gasteiger partial charge on any atom is -0.462 e. The molecule has 0 spiro atoms. The third-order valence-electron chi connectivity index (χ3n) is 12.8. The second kappa shape index (κ2) is 56.0. The summed E-state index contributed by atoms with van der Waals surface area (Å²) in [6.07, 6.45) is 68.1. The number of ether oxygens (including phenoxy) is 3. The summed E-state index contributed by atoms with van der Waals surface area (Å²) in [5.74, 6) is -0.879. The molecule has 0 aliphatic carbocycles. The van der Waals surface area contributed by atoms with Gasteiger partial charge in [0.25, 0.3) is 0 Å². The molecule has 0 aromatic heterocycles. The van der Waals surface area contributed by atoms with Crippen LogP contribution in [-0.2, 0) is 28.6 Å². The fourth-order valence-corrected chi connectivity index (χ4v) is 8.37. The Morgan fingerprint density at radius 2 is 0.552 bits per heavy atom. The van der Waals surface area contributed by atoms with Gasteiger partial charge in [0.05, 0.1) is 0 Å². The van der Waals surface area contributed by atoms with Gasteiger partial charge in [-0.1, -0.05) is 256 Å². The summed E-state index contributed by atoms with van der Waals surface area (Å²) in [5, 5.41) is 0. The van der Waals surface area contributed by atoms with Crippen LogP contribution >= 0.6 is 0 Å². The van der Waals surface area contributed by atoms with Crippen LogP contribution in [0.4, 0.5) is 0 Å². The van der Waals surface area contributed by atoms with Crippen LogP contribution in [0.2, 0.25) is 0 Å². The van der Waals surface area contributed by atoms with Gasteiger partial charge in [0.2, 0.25) is 0 Å². The monoisotopic (exact) mass is 939 g/mol. The van der Waals surface area contributed by atoms with E-state index in [9.17, 15) is 14.4 Å². The topological polar surface area (TPSA) is 78.9 Å². The van der Waals surface area contributed by atoms with Crippen molar-refractivity contribution in [2.75, 3.05) is 13.2 Å². The van der Waals surface area contributed by atoms with Crippen LogP contribution in [0.3, 0.4) is 0 Å². The van der Waals surface area contributed by atoms with Crippen LogP contribution in [-0.4, -0.2) is 37.2 Å². The molecule has 0 radical (unpaired) electrons. The van der Waals surface area contributed by atoms with E-state index in [1.54, 1.807) is 0 Å². The van der Waals surface area contributed by atoms with Crippen molar-refractivity contribution in [2.45, 2.75) is 309 Å². The molecule has 0 fully saturated rings. The second-order valence-corrected chi connectivity index (χ2v) is 19.6. The van der Waals surface area contributed by atoms with Crippen LogP contribution in [0.15, 0.2) is 48.6 Å². The minimum absolute atomic E-state index is 0.0770. The smallest absolute Gasteiger partial charge is 0.306 e. The highest BCUT2D eigenvalue weighted by atomic mass is 16.6. The Labute approximate surface area is 416 Å². The quantitative estimate of drug-likeness (QED) is 0.0262. The first-order valence-electron chi connectivity index (χ1n) is 29.1. The Bertz CT molecular complexity index is 1170. The van der Waals surface area contributed by atoms with Crippen LogP contribution in [0, 0.1) is 0 Å². The van der Waals surface area contributed by atoms with Gasteiger partial charge < -0.3 is 14.2 Å². The molecular weight excluding hydrogens is 829 g/mol. The lowest BCUT2D eigenvalue weighted by Crippen LogP contribution is -2.30. The number of carbonyl (C=O) groups is 3. The van der Waals surface area contributed by atoms with Crippen LogP contribution in [0.1, 0.15) is 303 Å². The summed E-state index contributed by atoms with van der Waals surface area (Å²) < 4.78 is 16.9. The van der Waals surface area contributed by atoms with E-state index >= 15 is 0 Å². The maximum absolute atomic E-state index is 12.9. The van der Waals surface area contributed by atoms with Crippen molar-refractivity contribution in [2.24, 2.45) is 0 Å². The van der Waals surface area contributed by atoms with E-state index in [1.807, 2.05) is 0 Å². The zero-order valence-electron chi connectivity index (χ0n) is 44.7. The molecule has 0 rings (SSSR count). The molecule has 0 N–H and O–H groups in total.